The van der Waals surface area contributed by atoms with Gasteiger partial charge >= 0.3 is 0 Å². The Morgan fingerprint density at radius 2 is 2.00 bits per heavy atom. The number of hydrogen-bond donors (Lipinski definition) is 2. The van der Waals surface area contributed by atoms with Crippen LogP contribution in [0.2, 0.25) is 0 Å². The molecule has 1 saturated carbocycles. The molecule has 2 aromatic heterocycles. The van der Waals surface area contributed by atoms with Gasteiger partial charge in [-0.05, 0) is 62.8 Å². The van der Waals surface area contributed by atoms with Crippen LogP contribution in [0.25, 0.3) is 11.0 Å². The molecule has 1 aliphatic carbocycles. The molecule has 3 aliphatic heterocycles. The number of aromatic nitrogens is 3. The predicted octanol–water partition coefficient (Wildman–Crippen LogP) is 2.71. The zero-order valence-electron chi connectivity index (χ0n) is 19.8. The molecule has 0 atom stereocenters. The number of fused-ring (bicyclic) bond motifs is 5. The summed E-state index contributed by atoms with van der Waals surface area (Å²) in [7, 11) is 0. The van der Waals surface area contributed by atoms with Crippen LogP contribution in [-0.2, 0) is 22.5 Å². The van der Waals surface area contributed by atoms with Crippen molar-refractivity contribution in [2.24, 2.45) is 0 Å². The van der Waals surface area contributed by atoms with Gasteiger partial charge in [0.25, 0.3) is 11.5 Å². The Hall–Kier alpha value is -3.30. The van der Waals surface area contributed by atoms with Crippen molar-refractivity contribution in [2.75, 3.05) is 25.1 Å². The van der Waals surface area contributed by atoms with Crippen LogP contribution in [0.5, 0.6) is 5.75 Å². The van der Waals surface area contributed by atoms with Gasteiger partial charge in [0.15, 0.2) is 18.2 Å². The first-order chi connectivity index (χ1) is 17.0. The number of carbonyl (C=O) groups is 1. The van der Waals surface area contributed by atoms with E-state index in [1.807, 2.05) is 24.3 Å². The summed E-state index contributed by atoms with van der Waals surface area (Å²) in [6, 6.07) is 9.81. The molecule has 5 heterocycles. The second kappa shape index (κ2) is 8.73. The second-order valence-corrected chi connectivity index (χ2v) is 9.86. The number of aromatic amines is 1. The van der Waals surface area contributed by atoms with Gasteiger partial charge in [-0.1, -0.05) is 12.1 Å². The zero-order chi connectivity index (χ0) is 24.0. The quantitative estimate of drug-likeness (QED) is 0.564. The fourth-order valence-corrected chi connectivity index (χ4v) is 5.60. The van der Waals surface area contributed by atoms with Gasteiger partial charge in [-0.3, -0.25) is 14.5 Å². The van der Waals surface area contributed by atoms with E-state index in [0.29, 0.717) is 29.9 Å². The summed E-state index contributed by atoms with van der Waals surface area (Å²) in [5.41, 5.74) is 3.88. The number of H-pyrrole nitrogens is 1. The summed E-state index contributed by atoms with van der Waals surface area (Å²) in [6.45, 7) is 3.93. The topological polar surface area (TPSA) is 109 Å². The van der Waals surface area contributed by atoms with Crippen LogP contribution in [0.4, 0.5) is 5.82 Å². The van der Waals surface area contributed by atoms with E-state index in [1.54, 1.807) is 6.92 Å². The van der Waals surface area contributed by atoms with Crippen molar-refractivity contribution in [3.8, 4) is 5.75 Å². The molecule has 3 fully saturated rings. The van der Waals surface area contributed by atoms with Crippen molar-refractivity contribution in [3.05, 3.63) is 57.6 Å². The van der Waals surface area contributed by atoms with Crippen molar-refractivity contribution in [3.63, 3.8) is 0 Å². The van der Waals surface area contributed by atoms with Crippen molar-refractivity contribution >= 4 is 22.8 Å². The minimum Gasteiger partial charge on any atom is -0.480 e. The minimum atomic E-state index is -0.187. The number of para-hydroxylation sites is 1. The van der Waals surface area contributed by atoms with E-state index < -0.39 is 0 Å². The molecule has 1 aromatic carbocycles. The number of rotatable bonds is 6. The van der Waals surface area contributed by atoms with Crippen molar-refractivity contribution < 1.29 is 14.3 Å². The van der Waals surface area contributed by atoms with Crippen molar-refractivity contribution in [1.82, 2.24) is 19.9 Å². The highest BCUT2D eigenvalue weighted by Gasteiger charge is 2.45. The number of hydrogen-bond acceptors (Lipinski definition) is 7. The van der Waals surface area contributed by atoms with Gasteiger partial charge in [-0.2, -0.15) is 0 Å². The molecule has 9 nitrogen and oxygen atoms in total. The lowest BCUT2D eigenvalue weighted by atomic mass is 9.76. The lowest BCUT2D eigenvalue weighted by molar-refractivity contribution is -0.138. The van der Waals surface area contributed by atoms with E-state index in [-0.39, 0.29) is 23.6 Å². The smallest absolute Gasteiger partial charge is 0.269 e. The first kappa shape index (κ1) is 22.2. The number of benzene rings is 1. The van der Waals surface area contributed by atoms with E-state index >= 15 is 0 Å². The summed E-state index contributed by atoms with van der Waals surface area (Å²) in [4.78, 5) is 38.6. The van der Waals surface area contributed by atoms with Crippen LogP contribution < -0.4 is 15.6 Å². The maximum absolute atomic E-state index is 12.0. The van der Waals surface area contributed by atoms with E-state index in [9.17, 15) is 9.59 Å². The maximum atomic E-state index is 12.0. The predicted molar refractivity (Wildman–Crippen MR) is 131 cm³/mol. The Balaban J connectivity index is 1.30. The number of carbonyl (C=O) groups excluding carboxylic acids is 1. The van der Waals surface area contributed by atoms with Gasteiger partial charge in [-0.15, -0.1) is 0 Å². The summed E-state index contributed by atoms with van der Waals surface area (Å²) >= 11 is 0. The first-order valence-electron chi connectivity index (χ1n) is 12.3. The molecule has 3 aromatic rings. The normalized spacial score (nSPS) is 23.3. The Bertz CT molecular complexity index is 1330. The fourth-order valence-electron chi connectivity index (χ4n) is 5.60. The first-order valence-corrected chi connectivity index (χ1v) is 12.3. The third-order valence-electron chi connectivity index (χ3n) is 7.63. The highest BCUT2D eigenvalue weighted by Crippen LogP contribution is 2.41. The fraction of sp³-hybridized carbons (Fsp3) is 0.462. The number of ether oxygens (including phenoxy) is 2. The maximum Gasteiger partial charge on any atom is 0.269 e. The molecule has 182 valence electrons. The molecule has 0 unspecified atom stereocenters. The zero-order valence-corrected chi connectivity index (χ0v) is 19.8. The van der Waals surface area contributed by atoms with E-state index in [2.05, 4.69) is 26.3 Å². The molecular weight excluding hydrogens is 446 g/mol. The molecule has 1 amide bonds. The van der Waals surface area contributed by atoms with E-state index in [0.717, 1.165) is 67.5 Å². The van der Waals surface area contributed by atoms with Gasteiger partial charge in [0.05, 0.1) is 29.4 Å². The Kier molecular flexibility index (Phi) is 5.53. The molecule has 4 aliphatic rings. The number of anilines is 1. The van der Waals surface area contributed by atoms with Gasteiger partial charge in [0.1, 0.15) is 5.69 Å². The van der Waals surface area contributed by atoms with Crippen molar-refractivity contribution in [2.45, 2.75) is 57.2 Å². The Morgan fingerprint density at radius 3 is 2.80 bits per heavy atom. The SMILES string of the molecule is Cc1nc2c(CCN(Cc3ccc4c(n3)NC(=O)CO4)C34CCC(CC3)OC4)cccc2[nH]c1=O. The number of amides is 1. The molecule has 0 radical (unpaired) electrons. The summed E-state index contributed by atoms with van der Waals surface area (Å²) < 4.78 is 11.6. The molecule has 2 bridgehead atoms. The summed E-state index contributed by atoms with van der Waals surface area (Å²) in [5, 5.41) is 2.82. The highest BCUT2D eigenvalue weighted by molar-refractivity contribution is 5.94. The van der Waals surface area contributed by atoms with Gasteiger partial charge in [0, 0.05) is 18.6 Å². The van der Waals surface area contributed by atoms with Crippen molar-refractivity contribution in [1.29, 1.82) is 0 Å². The Labute approximate surface area is 202 Å². The van der Waals surface area contributed by atoms with Gasteiger partial charge < -0.3 is 19.8 Å². The number of aryl methyl sites for hydroxylation is 1. The number of nitrogens with zero attached hydrogens (tertiary/aromatic N) is 3. The highest BCUT2D eigenvalue weighted by atomic mass is 16.5. The lowest BCUT2D eigenvalue weighted by Gasteiger charge is -2.52. The average Bonchev–Trinajstić information content (AvgIpc) is 2.88. The minimum absolute atomic E-state index is 0.0194. The molecule has 7 rings (SSSR count). The molecule has 2 N–H and O–H groups in total. The monoisotopic (exact) mass is 475 g/mol. The van der Waals surface area contributed by atoms with Gasteiger partial charge in [-0.25, -0.2) is 9.97 Å². The van der Waals surface area contributed by atoms with Crippen LogP contribution in [0, 0.1) is 6.92 Å². The summed E-state index contributed by atoms with van der Waals surface area (Å²) in [5.74, 6) is 0.900. The number of nitrogens with one attached hydrogen (secondary N) is 2. The second-order valence-electron chi connectivity index (χ2n) is 9.86. The Morgan fingerprint density at radius 1 is 1.14 bits per heavy atom. The van der Waals surface area contributed by atoms with Crippen LogP contribution in [0.3, 0.4) is 0 Å². The molecule has 9 heteroatoms. The lowest BCUT2D eigenvalue weighted by Crippen LogP contribution is -2.59. The standard InChI is InChI=1S/C26H29N5O4/c1-16-25(33)29-20-4-2-3-17(23(20)27-16)9-12-31(26-10-7-19(8-11-26)35-15-26)13-18-5-6-21-24(28-18)30-22(32)14-34-21/h2-6,19H,7-15H2,1H3,(H,29,33)(H,28,30,32). The molecule has 35 heavy (non-hydrogen) atoms. The van der Waals surface area contributed by atoms with Crippen LogP contribution in [0.15, 0.2) is 35.1 Å². The van der Waals surface area contributed by atoms with Crippen LogP contribution in [0.1, 0.15) is 42.6 Å². The molecular formula is C26H29N5O4. The van der Waals surface area contributed by atoms with Crippen LogP contribution >= 0.6 is 0 Å². The average molecular weight is 476 g/mol. The number of pyridine rings is 1. The van der Waals surface area contributed by atoms with E-state index in [1.165, 1.54) is 0 Å². The summed E-state index contributed by atoms with van der Waals surface area (Å²) in [6.07, 6.45) is 5.52. The van der Waals surface area contributed by atoms with Crippen LogP contribution in [-0.4, -0.2) is 57.2 Å². The largest absolute Gasteiger partial charge is 0.480 e. The third kappa shape index (κ3) is 4.19. The third-order valence-corrected chi connectivity index (χ3v) is 7.63. The molecule has 0 spiro atoms. The molecule has 2 saturated heterocycles. The van der Waals surface area contributed by atoms with Gasteiger partial charge in [0.2, 0.25) is 0 Å². The van der Waals surface area contributed by atoms with E-state index in [4.69, 9.17) is 14.5 Å².